The summed E-state index contributed by atoms with van der Waals surface area (Å²) in [6.07, 6.45) is 6.55. The Balaban J connectivity index is 1.56. The van der Waals surface area contributed by atoms with Crippen molar-refractivity contribution in [3.8, 4) is 0 Å². The highest BCUT2D eigenvalue weighted by Gasteiger charge is 2.20. The van der Waals surface area contributed by atoms with E-state index < -0.39 is 0 Å². The van der Waals surface area contributed by atoms with Crippen molar-refractivity contribution >= 4 is 34.8 Å². The van der Waals surface area contributed by atoms with Gasteiger partial charge in [-0.25, -0.2) is 9.67 Å². The first-order chi connectivity index (χ1) is 10.2. The van der Waals surface area contributed by atoms with Gasteiger partial charge in [-0.05, 0) is 19.8 Å². The maximum Gasteiger partial charge on any atom is 0.235 e. The monoisotopic (exact) mass is 322 g/mol. The number of amides is 1. The molecule has 1 fully saturated rings. The third-order valence-electron chi connectivity index (χ3n) is 3.53. The van der Waals surface area contributed by atoms with Gasteiger partial charge in [0.1, 0.15) is 5.82 Å². The Kier molecular flexibility index (Phi) is 4.60. The van der Waals surface area contributed by atoms with E-state index in [1.165, 1.54) is 24.6 Å². The van der Waals surface area contributed by atoms with Gasteiger partial charge in [0.05, 0.1) is 18.0 Å². The Labute approximate surface area is 132 Å². The Hall–Kier alpha value is -1.34. The number of thiazole rings is 1. The average Bonchev–Trinajstić information content (AvgIpc) is 3.16. The number of hydrogen-bond acceptors (Lipinski definition) is 5. The van der Waals surface area contributed by atoms with E-state index in [2.05, 4.69) is 15.4 Å². The first kappa shape index (κ1) is 14.6. The third-order valence-corrected chi connectivity index (χ3v) is 5.67. The molecule has 1 aliphatic rings. The fourth-order valence-electron chi connectivity index (χ4n) is 2.56. The largest absolute Gasteiger partial charge is 0.310 e. The van der Waals surface area contributed by atoms with Gasteiger partial charge in [-0.3, -0.25) is 4.79 Å². The van der Waals surface area contributed by atoms with Crippen molar-refractivity contribution in [1.29, 1.82) is 0 Å². The summed E-state index contributed by atoms with van der Waals surface area (Å²) in [6.45, 7) is 1.96. The first-order valence-electron chi connectivity index (χ1n) is 7.10. The molecule has 2 aromatic heterocycles. The molecule has 0 aliphatic heterocycles. The molecule has 112 valence electrons. The Morgan fingerprint density at radius 2 is 2.33 bits per heavy atom. The van der Waals surface area contributed by atoms with Crippen LogP contribution in [0.3, 0.4) is 0 Å². The van der Waals surface area contributed by atoms with Crippen molar-refractivity contribution in [2.75, 3.05) is 11.1 Å². The summed E-state index contributed by atoms with van der Waals surface area (Å²) in [5, 5.41) is 9.32. The van der Waals surface area contributed by atoms with Crippen molar-refractivity contribution in [3.63, 3.8) is 0 Å². The molecule has 0 atom stereocenters. The molecule has 0 aromatic carbocycles. The van der Waals surface area contributed by atoms with Crippen LogP contribution in [0.4, 0.5) is 5.82 Å². The fourth-order valence-corrected chi connectivity index (χ4v) is 4.21. The van der Waals surface area contributed by atoms with E-state index in [1.54, 1.807) is 17.5 Å². The van der Waals surface area contributed by atoms with Crippen LogP contribution in [-0.4, -0.2) is 26.4 Å². The lowest BCUT2D eigenvalue weighted by Crippen LogP contribution is -2.19. The standard InChI is InChI=1S/C14H18N4OS2/c1-10-8-20-14(16-10)21-9-13(19)17-12-6-7-15-18(12)11-4-2-3-5-11/h6-8,11H,2-5,9H2,1H3,(H,17,19). The Bertz CT molecular complexity index is 616. The van der Waals surface area contributed by atoms with E-state index in [9.17, 15) is 4.79 Å². The molecule has 7 heteroatoms. The summed E-state index contributed by atoms with van der Waals surface area (Å²) in [6, 6.07) is 2.30. The summed E-state index contributed by atoms with van der Waals surface area (Å²) in [7, 11) is 0. The molecule has 1 aliphatic carbocycles. The molecule has 1 N–H and O–H groups in total. The SMILES string of the molecule is Cc1csc(SCC(=O)Nc2ccnn2C2CCCC2)n1. The van der Waals surface area contributed by atoms with Crippen molar-refractivity contribution < 1.29 is 4.79 Å². The molecule has 0 bridgehead atoms. The smallest absolute Gasteiger partial charge is 0.235 e. The predicted octanol–water partition coefficient (Wildman–Crippen LogP) is 3.49. The molecule has 0 saturated heterocycles. The molecule has 3 rings (SSSR count). The van der Waals surface area contributed by atoms with Gasteiger partial charge >= 0.3 is 0 Å². The van der Waals surface area contributed by atoms with Crippen LogP contribution in [-0.2, 0) is 4.79 Å². The number of nitrogens with one attached hydrogen (secondary N) is 1. The first-order valence-corrected chi connectivity index (χ1v) is 8.97. The molecule has 0 unspecified atom stereocenters. The van der Waals surface area contributed by atoms with E-state index in [0.29, 0.717) is 11.8 Å². The summed E-state index contributed by atoms with van der Waals surface area (Å²) in [5.74, 6) is 1.18. The average molecular weight is 322 g/mol. The lowest BCUT2D eigenvalue weighted by Gasteiger charge is -2.14. The third kappa shape index (κ3) is 3.65. The van der Waals surface area contributed by atoms with Crippen molar-refractivity contribution in [2.45, 2.75) is 43.0 Å². The van der Waals surface area contributed by atoms with E-state index in [4.69, 9.17) is 0 Å². The van der Waals surface area contributed by atoms with Crippen LogP contribution in [0.2, 0.25) is 0 Å². The van der Waals surface area contributed by atoms with Crippen LogP contribution in [0.25, 0.3) is 0 Å². The number of thioether (sulfide) groups is 1. The Morgan fingerprint density at radius 3 is 3.05 bits per heavy atom. The predicted molar refractivity (Wildman–Crippen MR) is 85.9 cm³/mol. The van der Waals surface area contributed by atoms with Crippen molar-refractivity contribution in [1.82, 2.24) is 14.8 Å². The maximum absolute atomic E-state index is 12.1. The lowest BCUT2D eigenvalue weighted by molar-refractivity contribution is -0.113. The van der Waals surface area contributed by atoms with Gasteiger partial charge < -0.3 is 5.32 Å². The van der Waals surface area contributed by atoms with Crippen LogP contribution in [0, 0.1) is 6.92 Å². The molecule has 21 heavy (non-hydrogen) atoms. The molecule has 2 aromatic rings. The summed E-state index contributed by atoms with van der Waals surface area (Å²) >= 11 is 3.05. The highest BCUT2D eigenvalue weighted by molar-refractivity contribution is 8.01. The van der Waals surface area contributed by atoms with Crippen LogP contribution in [0.1, 0.15) is 37.4 Å². The lowest BCUT2D eigenvalue weighted by atomic mass is 10.2. The van der Waals surface area contributed by atoms with Gasteiger partial charge in [0, 0.05) is 17.1 Å². The highest BCUT2D eigenvalue weighted by Crippen LogP contribution is 2.31. The Morgan fingerprint density at radius 1 is 1.52 bits per heavy atom. The van der Waals surface area contributed by atoms with Gasteiger partial charge in [0.15, 0.2) is 4.34 Å². The number of anilines is 1. The van der Waals surface area contributed by atoms with Crippen molar-refractivity contribution in [2.24, 2.45) is 0 Å². The number of aromatic nitrogens is 3. The zero-order chi connectivity index (χ0) is 14.7. The quantitative estimate of drug-likeness (QED) is 0.856. The number of rotatable bonds is 5. The van der Waals surface area contributed by atoms with Crippen LogP contribution >= 0.6 is 23.1 Å². The van der Waals surface area contributed by atoms with Gasteiger partial charge in [-0.2, -0.15) is 5.10 Å². The molecule has 2 heterocycles. The number of hydrogen-bond donors (Lipinski definition) is 1. The van der Waals surface area contributed by atoms with Crippen LogP contribution < -0.4 is 5.32 Å². The fraction of sp³-hybridized carbons (Fsp3) is 0.500. The topological polar surface area (TPSA) is 59.8 Å². The molecule has 5 nitrogen and oxygen atoms in total. The second-order valence-corrected chi connectivity index (χ2v) is 7.27. The summed E-state index contributed by atoms with van der Waals surface area (Å²) in [4.78, 5) is 16.4. The van der Waals surface area contributed by atoms with Gasteiger partial charge in [0.25, 0.3) is 0 Å². The minimum atomic E-state index is -0.00685. The van der Waals surface area contributed by atoms with E-state index in [1.807, 2.05) is 23.1 Å². The maximum atomic E-state index is 12.1. The number of carbonyl (C=O) groups is 1. The van der Waals surface area contributed by atoms with Crippen LogP contribution in [0.5, 0.6) is 0 Å². The second-order valence-electron chi connectivity index (χ2n) is 5.19. The van der Waals surface area contributed by atoms with E-state index in [-0.39, 0.29) is 5.91 Å². The summed E-state index contributed by atoms with van der Waals surface area (Å²) < 4.78 is 2.90. The van der Waals surface area contributed by atoms with Crippen molar-refractivity contribution in [3.05, 3.63) is 23.3 Å². The number of aryl methyl sites for hydroxylation is 1. The van der Waals surface area contributed by atoms with Gasteiger partial charge in [-0.15, -0.1) is 11.3 Å². The number of carbonyl (C=O) groups excluding carboxylic acids is 1. The van der Waals surface area contributed by atoms with Gasteiger partial charge in [-0.1, -0.05) is 24.6 Å². The normalized spacial score (nSPS) is 15.5. The molecule has 1 saturated carbocycles. The van der Waals surface area contributed by atoms with E-state index in [0.717, 1.165) is 28.7 Å². The molecule has 0 spiro atoms. The molecular formula is C14H18N4OS2. The zero-order valence-electron chi connectivity index (χ0n) is 11.9. The molecule has 1 amide bonds. The van der Waals surface area contributed by atoms with E-state index >= 15 is 0 Å². The zero-order valence-corrected chi connectivity index (χ0v) is 13.5. The second kappa shape index (κ2) is 6.62. The highest BCUT2D eigenvalue weighted by atomic mass is 32.2. The molecular weight excluding hydrogens is 304 g/mol. The van der Waals surface area contributed by atoms with Crippen LogP contribution in [0.15, 0.2) is 22.0 Å². The molecule has 0 radical (unpaired) electrons. The summed E-state index contributed by atoms with van der Waals surface area (Å²) in [5.41, 5.74) is 1.00. The number of nitrogens with zero attached hydrogens (tertiary/aromatic N) is 3. The van der Waals surface area contributed by atoms with Gasteiger partial charge in [0.2, 0.25) is 5.91 Å². The minimum absolute atomic E-state index is 0.00685. The minimum Gasteiger partial charge on any atom is -0.310 e.